The van der Waals surface area contributed by atoms with Crippen molar-refractivity contribution in [2.24, 2.45) is 5.73 Å². The van der Waals surface area contributed by atoms with Crippen LogP contribution in [0.4, 0.5) is 4.79 Å². The number of hydrogen-bond acceptors (Lipinski definition) is 2. The summed E-state index contributed by atoms with van der Waals surface area (Å²) in [5.41, 5.74) is 4.83. The lowest BCUT2D eigenvalue weighted by atomic mass is 10.4. The van der Waals surface area contributed by atoms with Crippen LogP contribution in [0.25, 0.3) is 0 Å². The summed E-state index contributed by atoms with van der Waals surface area (Å²) < 4.78 is 11.0. The summed E-state index contributed by atoms with van der Waals surface area (Å²) in [6.07, 6.45) is 0. The third-order valence-corrected chi connectivity index (χ3v) is 2.21. The van der Waals surface area contributed by atoms with E-state index in [9.17, 15) is 9.00 Å². The van der Waals surface area contributed by atoms with Crippen LogP contribution in [-0.4, -0.2) is 9.45 Å². The standard InChI is InChI=1S/C7H7NO2S/c8-7(9)11(10)6-4-2-1-3-5-6/h1-5H,(H2,8,9). The summed E-state index contributed by atoms with van der Waals surface area (Å²) in [4.78, 5) is 10.9. The van der Waals surface area contributed by atoms with E-state index in [1.165, 1.54) is 0 Å². The Morgan fingerprint density at radius 3 is 2.27 bits per heavy atom. The molecule has 0 aromatic heterocycles. The number of amides is 1. The van der Waals surface area contributed by atoms with Crippen LogP contribution in [0.2, 0.25) is 0 Å². The number of benzene rings is 1. The van der Waals surface area contributed by atoms with Crippen molar-refractivity contribution < 1.29 is 9.00 Å². The van der Waals surface area contributed by atoms with Gasteiger partial charge in [0.1, 0.15) is 10.8 Å². The Labute approximate surface area is 66.7 Å². The molecule has 11 heavy (non-hydrogen) atoms. The van der Waals surface area contributed by atoms with Gasteiger partial charge in [-0.25, -0.2) is 4.21 Å². The molecule has 58 valence electrons. The molecule has 0 bridgehead atoms. The van der Waals surface area contributed by atoms with Crippen LogP contribution in [0.15, 0.2) is 35.2 Å². The molecule has 4 heteroatoms. The Kier molecular flexibility index (Phi) is 2.38. The van der Waals surface area contributed by atoms with Gasteiger partial charge in [0.25, 0.3) is 0 Å². The molecule has 0 aliphatic rings. The maximum absolute atomic E-state index is 11.0. The van der Waals surface area contributed by atoms with Gasteiger partial charge in [-0.2, -0.15) is 0 Å². The van der Waals surface area contributed by atoms with Crippen LogP contribution in [0.5, 0.6) is 0 Å². The van der Waals surface area contributed by atoms with E-state index in [2.05, 4.69) is 0 Å². The maximum Gasteiger partial charge on any atom is 0.311 e. The summed E-state index contributed by atoms with van der Waals surface area (Å²) in [6, 6.07) is 8.38. The van der Waals surface area contributed by atoms with Crippen molar-refractivity contribution in [1.29, 1.82) is 0 Å². The first-order valence-corrected chi connectivity index (χ1v) is 4.13. The zero-order valence-electron chi connectivity index (χ0n) is 5.69. The van der Waals surface area contributed by atoms with Crippen LogP contribution in [0.1, 0.15) is 0 Å². The highest BCUT2D eigenvalue weighted by Gasteiger charge is 2.07. The molecule has 1 amide bonds. The predicted molar refractivity (Wildman–Crippen MR) is 42.4 cm³/mol. The molecule has 1 rings (SSSR count). The van der Waals surface area contributed by atoms with E-state index in [0.29, 0.717) is 4.90 Å². The zero-order valence-corrected chi connectivity index (χ0v) is 6.51. The number of carbonyl (C=O) groups excluding carboxylic acids is 1. The van der Waals surface area contributed by atoms with Crippen molar-refractivity contribution in [2.75, 3.05) is 0 Å². The minimum absolute atomic E-state index is 0.444. The molecule has 0 aliphatic carbocycles. The van der Waals surface area contributed by atoms with E-state index >= 15 is 0 Å². The van der Waals surface area contributed by atoms with E-state index in [4.69, 9.17) is 5.73 Å². The normalized spacial score (nSPS) is 12.4. The number of rotatable bonds is 1. The average molecular weight is 169 g/mol. The second-order valence-corrected chi connectivity index (χ2v) is 3.31. The van der Waals surface area contributed by atoms with Crippen LogP contribution in [-0.2, 0) is 10.8 Å². The van der Waals surface area contributed by atoms with Crippen LogP contribution < -0.4 is 5.73 Å². The molecule has 0 spiro atoms. The third-order valence-electron chi connectivity index (χ3n) is 1.14. The number of primary amides is 1. The molecular weight excluding hydrogens is 162 g/mol. The molecule has 0 radical (unpaired) electrons. The lowest BCUT2D eigenvalue weighted by Gasteiger charge is -1.94. The van der Waals surface area contributed by atoms with Crippen molar-refractivity contribution >= 4 is 16.0 Å². The summed E-state index contributed by atoms with van der Waals surface area (Å²) in [5.74, 6) is 0. The lowest BCUT2D eigenvalue weighted by molar-refractivity contribution is 0.266. The third kappa shape index (κ3) is 1.88. The minimum Gasteiger partial charge on any atom is -0.358 e. The van der Waals surface area contributed by atoms with Gasteiger partial charge in [0.2, 0.25) is 0 Å². The van der Waals surface area contributed by atoms with Crippen molar-refractivity contribution in [3.05, 3.63) is 30.3 Å². The molecular formula is C7H7NO2S. The molecule has 3 nitrogen and oxygen atoms in total. The Morgan fingerprint density at radius 2 is 1.82 bits per heavy atom. The number of hydrogen-bond donors (Lipinski definition) is 1. The van der Waals surface area contributed by atoms with E-state index in [0.717, 1.165) is 0 Å². The predicted octanol–water partition coefficient (Wildman–Crippen LogP) is 0.873. The van der Waals surface area contributed by atoms with Gasteiger partial charge < -0.3 is 5.73 Å². The zero-order chi connectivity index (χ0) is 8.27. The van der Waals surface area contributed by atoms with Gasteiger partial charge in [0, 0.05) is 4.90 Å². The van der Waals surface area contributed by atoms with Crippen LogP contribution in [0.3, 0.4) is 0 Å². The topological polar surface area (TPSA) is 60.2 Å². The van der Waals surface area contributed by atoms with Gasteiger partial charge in [-0.3, -0.25) is 4.79 Å². The Balaban J connectivity index is 2.95. The van der Waals surface area contributed by atoms with Gasteiger partial charge in [0.05, 0.1) is 0 Å². The highest BCUT2D eigenvalue weighted by Crippen LogP contribution is 2.04. The van der Waals surface area contributed by atoms with E-state index < -0.39 is 16.0 Å². The molecule has 1 aromatic carbocycles. The average Bonchev–Trinajstić information content (AvgIpc) is 2.05. The van der Waals surface area contributed by atoms with E-state index in [1.807, 2.05) is 0 Å². The number of nitrogens with two attached hydrogens (primary N) is 1. The quantitative estimate of drug-likeness (QED) is 0.678. The monoisotopic (exact) mass is 169 g/mol. The SMILES string of the molecule is NC(=O)S(=O)c1ccccc1. The summed E-state index contributed by atoms with van der Waals surface area (Å²) in [7, 11) is -1.70. The van der Waals surface area contributed by atoms with Crippen molar-refractivity contribution in [3.63, 3.8) is 0 Å². The second-order valence-electron chi connectivity index (χ2n) is 1.90. The Bertz CT molecular complexity index is 284. The summed E-state index contributed by atoms with van der Waals surface area (Å²) in [6.45, 7) is 0. The molecule has 0 saturated heterocycles. The van der Waals surface area contributed by atoms with E-state index in [1.54, 1.807) is 30.3 Å². The van der Waals surface area contributed by atoms with Gasteiger partial charge in [-0.15, -0.1) is 0 Å². The van der Waals surface area contributed by atoms with Crippen molar-refractivity contribution in [3.8, 4) is 0 Å². The molecule has 1 atom stereocenters. The molecule has 0 fully saturated rings. The Hall–Kier alpha value is -1.16. The first kappa shape index (κ1) is 7.94. The summed E-state index contributed by atoms with van der Waals surface area (Å²) in [5, 5.41) is -0.809. The fourth-order valence-corrected chi connectivity index (χ4v) is 1.30. The largest absolute Gasteiger partial charge is 0.358 e. The van der Waals surface area contributed by atoms with E-state index in [-0.39, 0.29) is 0 Å². The highest BCUT2D eigenvalue weighted by molar-refractivity contribution is 8.00. The van der Waals surface area contributed by atoms with Crippen LogP contribution in [0, 0.1) is 0 Å². The summed E-state index contributed by atoms with van der Waals surface area (Å²) >= 11 is 0. The first-order chi connectivity index (χ1) is 5.22. The van der Waals surface area contributed by atoms with Gasteiger partial charge in [0.15, 0.2) is 0 Å². The highest BCUT2D eigenvalue weighted by atomic mass is 32.2. The minimum atomic E-state index is -1.70. The van der Waals surface area contributed by atoms with Crippen LogP contribution >= 0.6 is 0 Å². The van der Waals surface area contributed by atoms with Crippen molar-refractivity contribution in [2.45, 2.75) is 4.90 Å². The maximum atomic E-state index is 11.0. The Morgan fingerprint density at radius 1 is 1.27 bits per heavy atom. The molecule has 2 N–H and O–H groups in total. The fourth-order valence-electron chi connectivity index (χ4n) is 0.660. The fraction of sp³-hybridized carbons (Fsp3) is 0. The van der Waals surface area contributed by atoms with Gasteiger partial charge >= 0.3 is 5.24 Å². The van der Waals surface area contributed by atoms with Gasteiger partial charge in [-0.1, -0.05) is 18.2 Å². The van der Waals surface area contributed by atoms with Gasteiger partial charge in [-0.05, 0) is 12.1 Å². The molecule has 1 unspecified atom stereocenters. The number of carbonyl (C=O) groups is 1. The first-order valence-electron chi connectivity index (χ1n) is 2.98. The smallest absolute Gasteiger partial charge is 0.311 e. The lowest BCUT2D eigenvalue weighted by Crippen LogP contribution is -2.15. The molecule has 0 aliphatic heterocycles. The molecule has 0 saturated carbocycles. The molecule has 0 heterocycles. The molecule has 1 aromatic rings. The second kappa shape index (κ2) is 3.30. The van der Waals surface area contributed by atoms with Crippen molar-refractivity contribution in [1.82, 2.24) is 0 Å².